The number of hydrogen-bond acceptors (Lipinski definition) is 4. The Kier molecular flexibility index (Phi) is 7.92. The highest BCUT2D eigenvalue weighted by Crippen LogP contribution is 2.13. The van der Waals surface area contributed by atoms with Crippen LogP contribution in [0.5, 0.6) is 5.75 Å². The number of nitrogens with zero attached hydrogens (tertiary/aromatic N) is 1. The van der Waals surface area contributed by atoms with Gasteiger partial charge in [0, 0.05) is 6.04 Å². The van der Waals surface area contributed by atoms with Gasteiger partial charge in [-0.1, -0.05) is 19.1 Å². The van der Waals surface area contributed by atoms with E-state index in [2.05, 4.69) is 24.5 Å². The van der Waals surface area contributed by atoms with E-state index in [4.69, 9.17) is 10.00 Å². The summed E-state index contributed by atoms with van der Waals surface area (Å²) in [5, 5.41) is 14.2. The van der Waals surface area contributed by atoms with E-state index in [0.29, 0.717) is 11.8 Å². The van der Waals surface area contributed by atoms with Crippen LogP contribution in [0.1, 0.15) is 25.8 Å². The molecule has 1 aromatic carbocycles. The third-order valence-corrected chi connectivity index (χ3v) is 2.94. The molecule has 1 aromatic rings. The molecule has 0 saturated carbocycles. The Morgan fingerprint density at radius 2 is 2.10 bits per heavy atom. The minimum Gasteiger partial charge on any atom is -0.484 e. The summed E-state index contributed by atoms with van der Waals surface area (Å²) in [6, 6.07) is 10.0. The summed E-state index contributed by atoms with van der Waals surface area (Å²) >= 11 is 0. The van der Waals surface area contributed by atoms with Gasteiger partial charge in [0.25, 0.3) is 5.91 Å². The summed E-state index contributed by atoms with van der Waals surface area (Å²) in [6.07, 6.45) is 2.09. The summed E-state index contributed by atoms with van der Waals surface area (Å²) in [7, 11) is 0. The molecule has 0 radical (unpaired) electrons. The lowest BCUT2D eigenvalue weighted by Crippen LogP contribution is -2.29. The van der Waals surface area contributed by atoms with Gasteiger partial charge in [-0.25, -0.2) is 0 Å². The maximum atomic E-state index is 11.3. The molecule has 1 atom stereocenters. The molecule has 5 heteroatoms. The summed E-state index contributed by atoms with van der Waals surface area (Å²) in [4.78, 5) is 11.3. The van der Waals surface area contributed by atoms with E-state index < -0.39 is 0 Å². The van der Waals surface area contributed by atoms with Gasteiger partial charge in [-0.15, -0.1) is 0 Å². The molecule has 21 heavy (non-hydrogen) atoms. The minimum absolute atomic E-state index is 0.00375. The highest BCUT2D eigenvalue weighted by atomic mass is 16.5. The van der Waals surface area contributed by atoms with Crippen molar-refractivity contribution >= 4 is 5.91 Å². The van der Waals surface area contributed by atoms with Crippen LogP contribution in [0, 0.1) is 11.3 Å². The fraction of sp³-hybridized carbons (Fsp3) is 0.500. The predicted octanol–water partition coefficient (Wildman–Crippen LogP) is 1.64. The van der Waals surface area contributed by atoms with Gasteiger partial charge in [0.2, 0.25) is 0 Å². The number of hydrogen-bond donors (Lipinski definition) is 2. The molecule has 1 unspecified atom stereocenters. The molecular weight excluding hydrogens is 266 g/mol. The Hall–Kier alpha value is -2.06. The van der Waals surface area contributed by atoms with Gasteiger partial charge in [0.15, 0.2) is 6.61 Å². The van der Waals surface area contributed by atoms with E-state index in [1.54, 1.807) is 0 Å². The van der Waals surface area contributed by atoms with Crippen molar-refractivity contribution < 1.29 is 9.53 Å². The van der Waals surface area contributed by atoms with Crippen LogP contribution in [0.15, 0.2) is 24.3 Å². The molecule has 114 valence electrons. The first-order chi connectivity index (χ1) is 10.2. The maximum Gasteiger partial charge on any atom is 0.258 e. The molecule has 0 aliphatic rings. The normalized spacial score (nSPS) is 11.5. The fourth-order valence-electron chi connectivity index (χ4n) is 1.88. The molecule has 0 heterocycles. The Balaban J connectivity index is 2.36. The number of carbonyl (C=O) groups excluding carboxylic acids is 1. The van der Waals surface area contributed by atoms with Gasteiger partial charge < -0.3 is 15.4 Å². The standard InChI is InChI=1S/C16H23N3O2/c1-3-9-18-13(2)11-14-4-6-15(7-5-14)21-12-16(20)19-10-8-17/h4-7,13,18H,3,9-12H2,1-2H3,(H,19,20). The van der Waals surface area contributed by atoms with Crippen LogP contribution in [0.3, 0.4) is 0 Å². The monoisotopic (exact) mass is 289 g/mol. The number of benzene rings is 1. The zero-order chi connectivity index (χ0) is 15.5. The van der Waals surface area contributed by atoms with Crippen molar-refractivity contribution in [3.05, 3.63) is 29.8 Å². The maximum absolute atomic E-state index is 11.3. The second-order valence-corrected chi connectivity index (χ2v) is 4.93. The van der Waals surface area contributed by atoms with E-state index in [1.165, 1.54) is 5.56 Å². The lowest BCUT2D eigenvalue weighted by atomic mass is 10.1. The third kappa shape index (κ3) is 7.33. The van der Waals surface area contributed by atoms with Crippen LogP contribution in [-0.4, -0.2) is 31.6 Å². The van der Waals surface area contributed by atoms with Crippen LogP contribution in [0.25, 0.3) is 0 Å². The lowest BCUT2D eigenvalue weighted by molar-refractivity contribution is -0.122. The van der Waals surface area contributed by atoms with E-state index in [-0.39, 0.29) is 19.1 Å². The zero-order valence-corrected chi connectivity index (χ0v) is 12.7. The van der Waals surface area contributed by atoms with Crippen molar-refractivity contribution in [3.8, 4) is 11.8 Å². The van der Waals surface area contributed by atoms with Crippen molar-refractivity contribution in [2.24, 2.45) is 0 Å². The Labute approximate surface area is 126 Å². The summed E-state index contributed by atoms with van der Waals surface area (Å²) in [6.45, 7) is 5.28. The molecule has 0 spiro atoms. The van der Waals surface area contributed by atoms with Crippen molar-refractivity contribution in [2.75, 3.05) is 19.7 Å². The van der Waals surface area contributed by atoms with Gasteiger partial charge in [-0.2, -0.15) is 5.26 Å². The number of rotatable bonds is 9. The molecule has 0 bridgehead atoms. The third-order valence-electron chi connectivity index (χ3n) is 2.94. The SMILES string of the molecule is CCCNC(C)Cc1ccc(OCC(=O)NCC#N)cc1. The Bertz CT molecular complexity index is 465. The smallest absolute Gasteiger partial charge is 0.258 e. The Morgan fingerprint density at radius 1 is 1.38 bits per heavy atom. The van der Waals surface area contributed by atoms with E-state index >= 15 is 0 Å². The molecule has 0 aliphatic heterocycles. The molecule has 0 saturated heterocycles. The lowest BCUT2D eigenvalue weighted by Gasteiger charge is -2.13. The average Bonchev–Trinajstić information content (AvgIpc) is 2.50. The number of carbonyl (C=O) groups is 1. The number of ether oxygens (including phenoxy) is 1. The number of amides is 1. The van der Waals surface area contributed by atoms with Gasteiger partial charge >= 0.3 is 0 Å². The largest absolute Gasteiger partial charge is 0.484 e. The van der Waals surface area contributed by atoms with Crippen LogP contribution in [0.4, 0.5) is 0 Å². The molecule has 1 amide bonds. The van der Waals surface area contributed by atoms with Crippen molar-refractivity contribution in [1.29, 1.82) is 5.26 Å². The molecule has 5 nitrogen and oxygen atoms in total. The van der Waals surface area contributed by atoms with Crippen LogP contribution in [0.2, 0.25) is 0 Å². The van der Waals surface area contributed by atoms with Crippen molar-refractivity contribution in [1.82, 2.24) is 10.6 Å². The molecule has 2 N–H and O–H groups in total. The van der Waals surface area contributed by atoms with Crippen molar-refractivity contribution in [2.45, 2.75) is 32.7 Å². The first kappa shape index (κ1) is 17.0. The fourth-order valence-corrected chi connectivity index (χ4v) is 1.88. The first-order valence-corrected chi connectivity index (χ1v) is 7.24. The number of nitriles is 1. The highest BCUT2D eigenvalue weighted by molar-refractivity contribution is 5.77. The highest BCUT2D eigenvalue weighted by Gasteiger charge is 2.04. The molecule has 0 fully saturated rings. The van der Waals surface area contributed by atoms with E-state index in [1.807, 2.05) is 30.3 Å². The van der Waals surface area contributed by atoms with Gasteiger partial charge in [0.05, 0.1) is 6.07 Å². The second kappa shape index (κ2) is 9.78. The summed E-state index contributed by atoms with van der Waals surface area (Å²) in [5.41, 5.74) is 1.23. The van der Waals surface area contributed by atoms with Crippen molar-refractivity contribution in [3.63, 3.8) is 0 Å². The second-order valence-electron chi connectivity index (χ2n) is 4.93. The summed E-state index contributed by atoms with van der Waals surface area (Å²) < 4.78 is 5.35. The zero-order valence-electron chi connectivity index (χ0n) is 12.7. The van der Waals surface area contributed by atoms with E-state index in [9.17, 15) is 4.79 Å². The molecular formula is C16H23N3O2. The van der Waals surface area contributed by atoms with Gasteiger partial charge in [-0.05, 0) is 44.0 Å². The molecule has 0 aromatic heterocycles. The quantitative estimate of drug-likeness (QED) is 0.678. The van der Waals surface area contributed by atoms with Crippen LogP contribution < -0.4 is 15.4 Å². The van der Waals surface area contributed by atoms with Crippen LogP contribution in [-0.2, 0) is 11.2 Å². The summed E-state index contributed by atoms with van der Waals surface area (Å²) in [5.74, 6) is 0.359. The first-order valence-electron chi connectivity index (χ1n) is 7.24. The average molecular weight is 289 g/mol. The van der Waals surface area contributed by atoms with Gasteiger partial charge in [0.1, 0.15) is 12.3 Å². The molecule has 0 aliphatic carbocycles. The van der Waals surface area contributed by atoms with Gasteiger partial charge in [-0.3, -0.25) is 4.79 Å². The minimum atomic E-state index is -0.294. The Morgan fingerprint density at radius 3 is 2.71 bits per heavy atom. The van der Waals surface area contributed by atoms with E-state index in [0.717, 1.165) is 19.4 Å². The molecule has 1 rings (SSSR count). The topological polar surface area (TPSA) is 74.2 Å². The predicted molar refractivity (Wildman–Crippen MR) is 82.0 cm³/mol. The number of nitrogens with one attached hydrogen (secondary N) is 2. The van der Waals surface area contributed by atoms with Crippen LogP contribution >= 0.6 is 0 Å².